The third-order valence-electron chi connectivity index (χ3n) is 2.63. The van der Waals surface area contributed by atoms with Crippen LogP contribution in [0.25, 0.3) is 6.08 Å². The summed E-state index contributed by atoms with van der Waals surface area (Å²) in [6.45, 7) is 1.84. The molecule has 0 atom stereocenters. The molecule has 0 radical (unpaired) electrons. The average Bonchev–Trinajstić information content (AvgIpc) is 2.46. The van der Waals surface area contributed by atoms with Crippen molar-refractivity contribution < 1.29 is 28.9 Å². The summed E-state index contributed by atoms with van der Waals surface area (Å²) < 4.78 is 15.1. The minimum atomic E-state index is -1.10. The van der Waals surface area contributed by atoms with E-state index in [0.717, 1.165) is 0 Å². The number of carboxylic acid groups (broad SMARTS) is 1. The Labute approximate surface area is 122 Å². The Hall–Kier alpha value is -2.50. The topological polar surface area (TPSA) is 82.1 Å². The predicted octanol–water partition coefficient (Wildman–Crippen LogP) is 2.12. The Morgan fingerprint density at radius 1 is 1.19 bits per heavy atom. The number of methoxy groups -OCH3 is 2. The van der Waals surface area contributed by atoms with E-state index in [2.05, 4.69) is 0 Å². The van der Waals surface area contributed by atoms with Crippen molar-refractivity contribution in [1.29, 1.82) is 0 Å². The zero-order valence-electron chi connectivity index (χ0n) is 12.2. The van der Waals surface area contributed by atoms with E-state index in [1.54, 1.807) is 25.1 Å². The lowest BCUT2D eigenvalue weighted by Gasteiger charge is -2.09. The van der Waals surface area contributed by atoms with Crippen LogP contribution >= 0.6 is 0 Å². The van der Waals surface area contributed by atoms with Gasteiger partial charge >= 0.3 is 11.9 Å². The van der Waals surface area contributed by atoms with Gasteiger partial charge in [-0.05, 0) is 30.7 Å². The Bertz CT molecular complexity index is 547. The number of carbonyl (C=O) groups excluding carboxylic acids is 1. The summed E-state index contributed by atoms with van der Waals surface area (Å²) >= 11 is 0. The van der Waals surface area contributed by atoms with E-state index in [1.165, 1.54) is 20.3 Å². The third-order valence-corrected chi connectivity index (χ3v) is 2.63. The second-order valence-corrected chi connectivity index (χ2v) is 4.07. The van der Waals surface area contributed by atoms with Crippen molar-refractivity contribution in [2.24, 2.45) is 0 Å². The van der Waals surface area contributed by atoms with E-state index in [4.69, 9.17) is 19.3 Å². The zero-order valence-corrected chi connectivity index (χ0v) is 12.2. The van der Waals surface area contributed by atoms with Crippen LogP contribution in [-0.4, -0.2) is 37.9 Å². The molecule has 0 saturated carbocycles. The van der Waals surface area contributed by atoms with Gasteiger partial charge in [-0.2, -0.15) is 0 Å². The molecule has 6 nitrogen and oxygen atoms in total. The monoisotopic (exact) mass is 294 g/mol. The second-order valence-electron chi connectivity index (χ2n) is 4.07. The molecule has 6 heteroatoms. The van der Waals surface area contributed by atoms with Crippen LogP contribution in [-0.2, 0) is 14.3 Å². The molecule has 1 aromatic carbocycles. The number of carbonyl (C=O) groups is 2. The fourth-order valence-corrected chi connectivity index (χ4v) is 1.71. The first-order chi connectivity index (χ1) is 10.0. The average molecular weight is 294 g/mol. The van der Waals surface area contributed by atoms with Gasteiger partial charge < -0.3 is 19.3 Å². The lowest BCUT2D eigenvalue weighted by atomic mass is 10.1. The van der Waals surface area contributed by atoms with Crippen LogP contribution in [0.4, 0.5) is 0 Å². The maximum atomic E-state index is 11.8. The molecule has 114 valence electrons. The highest BCUT2D eigenvalue weighted by atomic mass is 16.5. The molecule has 0 amide bonds. The van der Waals surface area contributed by atoms with Crippen LogP contribution in [0.2, 0.25) is 0 Å². The van der Waals surface area contributed by atoms with Gasteiger partial charge in [-0.1, -0.05) is 6.07 Å². The van der Waals surface area contributed by atoms with E-state index < -0.39 is 18.4 Å². The van der Waals surface area contributed by atoms with Gasteiger partial charge in [-0.25, -0.2) is 4.79 Å². The third kappa shape index (κ3) is 4.83. The van der Waals surface area contributed by atoms with Gasteiger partial charge in [0.2, 0.25) is 0 Å². The van der Waals surface area contributed by atoms with Gasteiger partial charge in [-0.3, -0.25) is 4.79 Å². The first-order valence-corrected chi connectivity index (χ1v) is 6.33. The van der Waals surface area contributed by atoms with Crippen LogP contribution in [0.1, 0.15) is 18.9 Å². The summed E-state index contributed by atoms with van der Waals surface area (Å²) in [5, 5.41) is 8.87. The number of hydrogen-bond donors (Lipinski definition) is 1. The second kappa shape index (κ2) is 7.94. The van der Waals surface area contributed by atoms with Crippen LogP contribution in [0.5, 0.6) is 11.5 Å². The first-order valence-electron chi connectivity index (χ1n) is 6.33. The molecular formula is C15H18O6. The lowest BCUT2D eigenvalue weighted by molar-refractivity contribution is -0.142. The van der Waals surface area contributed by atoms with Crippen molar-refractivity contribution in [3.63, 3.8) is 0 Å². The molecule has 1 N–H and O–H groups in total. The Morgan fingerprint density at radius 2 is 1.86 bits per heavy atom. The molecular weight excluding hydrogens is 276 g/mol. The van der Waals surface area contributed by atoms with Gasteiger partial charge in [-0.15, -0.1) is 0 Å². The zero-order chi connectivity index (χ0) is 15.8. The minimum absolute atomic E-state index is 0.0663. The number of carboxylic acids is 1. The van der Waals surface area contributed by atoms with E-state index in [9.17, 15) is 9.59 Å². The highest BCUT2D eigenvalue weighted by Crippen LogP contribution is 2.28. The molecule has 21 heavy (non-hydrogen) atoms. The fourth-order valence-electron chi connectivity index (χ4n) is 1.71. The quantitative estimate of drug-likeness (QED) is 0.612. The number of esters is 1. The summed E-state index contributed by atoms with van der Waals surface area (Å²) in [5.41, 5.74) is 0.688. The predicted molar refractivity (Wildman–Crippen MR) is 76.4 cm³/mol. The van der Waals surface area contributed by atoms with Gasteiger partial charge in [0, 0.05) is 5.57 Å². The molecule has 0 aliphatic heterocycles. The molecule has 1 rings (SSSR count). The van der Waals surface area contributed by atoms with Gasteiger partial charge in [0.1, 0.15) is 0 Å². The number of benzene rings is 1. The van der Waals surface area contributed by atoms with Crippen molar-refractivity contribution in [1.82, 2.24) is 0 Å². The molecule has 0 aliphatic rings. The molecule has 0 fully saturated rings. The Morgan fingerprint density at radius 3 is 2.38 bits per heavy atom. The normalized spacial score (nSPS) is 10.9. The summed E-state index contributed by atoms with van der Waals surface area (Å²) in [6, 6.07) is 5.02. The SMILES string of the molecule is CCOC(=O)/C(=C\c1ccc(OC)c(OC)c1)CC(=O)O. The van der Waals surface area contributed by atoms with Gasteiger partial charge in [0.25, 0.3) is 0 Å². The molecule has 0 bridgehead atoms. The molecule has 0 aromatic heterocycles. The molecule has 0 aliphatic carbocycles. The smallest absolute Gasteiger partial charge is 0.334 e. The largest absolute Gasteiger partial charge is 0.493 e. The maximum Gasteiger partial charge on any atom is 0.334 e. The van der Waals surface area contributed by atoms with Crippen LogP contribution in [0, 0.1) is 0 Å². The highest BCUT2D eigenvalue weighted by Gasteiger charge is 2.15. The van der Waals surface area contributed by atoms with Crippen molar-refractivity contribution in [3.05, 3.63) is 29.3 Å². The summed E-state index contributed by atoms with van der Waals surface area (Å²) in [4.78, 5) is 22.6. The molecule has 0 heterocycles. The standard InChI is InChI=1S/C15H18O6/c1-4-21-15(18)11(9-14(16)17)7-10-5-6-12(19-2)13(8-10)20-3/h5-8H,4,9H2,1-3H3,(H,16,17)/b11-7-. The van der Waals surface area contributed by atoms with Crippen molar-refractivity contribution in [2.75, 3.05) is 20.8 Å². The minimum Gasteiger partial charge on any atom is -0.493 e. The molecule has 0 spiro atoms. The van der Waals surface area contributed by atoms with Crippen molar-refractivity contribution >= 4 is 18.0 Å². The Kier molecular flexibility index (Phi) is 6.26. The van der Waals surface area contributed by atoms with Crippen LogP contribution in [0.3, 0.4) is 0 Å². The number of rotatable bonds is 7. The van der Waals surface area contributed by atoms with E-state index in [0.29, 0.717) is 17.1 Å². The van der Waals surface area contributed by atoms with E-state index >= 15 is 0 Å². The highest BCUT2D eigenvalue weighted by molar-refractivity contribution is 5.98. The number of hydrogen-bond acceptors (Lipinski definition) is 5. The number of aliphatic carboxylic acids is 1. The number of ether oxygens (including phenoxy) is 3. The van der Waals surface area contributed by atoms with Gasteiger partial charge in [0.05, 0.1) is 27.2 Å². The Balaban J connectivity index is 3.14. The van der Waals surface area contributed by atoms with Crippen LogP contribution < -0.4 is 9.47 Å². The first kappa shape index (κ1) is 16.6. The summed E-state index contributed by atoms with van der Waals surface area (Å²) in [7, 11) is 3.01. The molecule has 0 unspecified atom stereocenters. The molecule has 1 aromatic rings. The van der Waals surface area contributed by atoms with E-state index in [-0.39, 0.29) is 12.2 Å². The van der Waals surface area contributed by atoms with Gasteiger partial charge in [0.15, 0.2) is 11.5 Å². The van der Waals surface area contributed by atoms with Crippen molar-refractivity contribution in [2.45, 2.75) is 13.3 Å². The summed E-state index contributed by atoms with van der Waals surface area (Å²) in [6.07, 6.45) is 1.06. The fraction of sp³-hybridized carbons (Fsp3) is 0.333. The lowest BCUT2D eigenvalue weighted by Crippen LogP contribution is -2.11. The van der Waals surface area contributed by atoms with E-state index in [1.807, 2.05) is 0 Å². The van der Waals surface area contributed by atoms with Crippen LogP contribution in [0.15, 0.2) is 23.8 Å². The summed E-state index contributed by atoms with van der Waals surface area (Å²) in [5.74, 6) is -0.709. The van der Waals surface area contributed by atoms with Crippen molar-refractivity contribution in [3.8, 4) is 11.5 Å². The maximum absolute atomic E-state index is 11.8. The molecule has 0 saturated heterocycles.